The number of hydrogen-bond acceptors (Lipinski definition) is 7. The molecule has 0 amide bonds. The summed E-state index contributed by atoms with van der Waals surface area (Å²) in [4.78, 5) is 19.8. The minimum Gasteiger partial charge on any atom is -0.378 e. The SMILES string of the molecule is Brc1cccc(Nc2ncnc3nc(N4CCOCC4)ncc23)c1. The molecule has 24 heavy (non-hydrogen) atoms. The molecule has 1 fully saturated rings. The van der Waals surface area contributed by atoms with Gasteiger partial charge in [0, 0.05) is 29.4 Å². The standard InChI is InChI=1S/C16H15BrN6O/c17-11-2-1-3-12(8-11)21-14-13-9-18-16(22-15(13)20-10-19-14)23-4-6-24-7-5-23/h1-3,8-10H,4-7H2,(H,18,19,20,21,22). The molecule has 0 saturated carbocycles. The number of nitrogens with zero attached hydrogens (tertiary/aromatic N) is 5. The van der Waals surface area contributed by atoms with Crippen LogP contribution in [0.1, 0.15) is 0 Å². The molecule has 1 aliphatic rings. The van der Waals surface area contributed by atoms with E-state index in [9.17, 15) is 0 Å². The molecule has 0 spiro atoms. The average molecular weight is 387 g/mol. The van der Waals surface area contributed by atoms with Crippen LogP contribution in [-0.4, -0.2) is 46.2 Å². The van der Waals surface area contributed by atoms with Gasteiger partial charge in [-0.05, 0) is 18.2 Å². The van der Waals surface area contributed by atoms with Crippen LogP contribution in [0.5, 0.6) is 0 Å². The van der Waals surface area contributed by atoms with Crippen molar-refractivity contribution in [3.05, 3.63) is 41.3 Å². The Morgan fingerprint density at radius 3 is 2.83 bits per heavy atom. The van der Waals surface area contributed by atoms with Gasteiger partial charge in [0.05, 0.1) is 18.6 Å². The van der Waals surface area contributed by atoms with Gasteiger partial charge in [-0.15, -0.1) is 0 Å². The first kappa shape index (κ1) is 15.2. The molecule has 7 nitrogen and oxygen atoms in total. The van der Waals surface area contributed by atoms with Gasteiger partial charge < -0.3 is 15.0 Å². The molecule has 2 aromatic heterocycles. The van der Waals surface area contributed by atoms with Crippen molar-refractivity contribution < 1.29 is 4.74 Å². The van der Waals surface area contributed by atoms with Crippen molar-refractivity contribution >= 4 is 44.4 Å². The van der Waals surface area contributed by atoms with Crippen LogP contribution in [0.15, 0.2) is 41.3 Å². The first-order chi connectivity index (χ1) is 11.8. The average Bonchev–Trinajstić information content (AvgIpc) is 2.62. The molecule has 1 N–H and O–H groups in total. The fraction of sp³-hybridized carbons (Fsp3) is 0.250. The van der Waals surface area contributed by atoms with E-state index in [0.29, 0.717) is 30.6 Å². The highest BCUT2D eigenvalue weighted by molar-refractivity contribution is 9.10. The lowest BCUT2D eigenvalue weighted by molar-refractivity contribution is 0.122. The van der Waals surface area contributed by atoms with Gasteiger partial charge in [-0.2, -0.15) is 4.98 Å². The van der Waals surface area contributed by atoms with Gasteiger partial charge in [0.1, 0.15) is 12.1 Å². The van der Waals surface area contributed by atoms with E-state index >= 15 is 0 Å². The zero-order valence-corrected chi connectivity index (χ0v) is 14.4. The van der Waals surface area contributed by atoms with Crippen LogP contribution < -0.4 is 10.2 Å². The molecule has 0 radical (unpaired) electrons. The summed E-state index contributed by atoms with van der Waals surface area (Å²) < 4.78 is 6.36. The van der Waals surface area contributed by atoms with Crippen molar-refractivity contribution in [1.82, 2.24) is 19.9 Å². The lowest BCUT2D eigenvalue weighted by Crippen LogP contribution is -2.37. The van der Waals surface area contributed by atoms with Crippen LogP contribution in [0.3, 0.4) is 0 Å². The van der Waals surface area contributed by atoms with Crippen LogP contribution in [-0.2, 0) is 4.74 Å². The molecule has 3 heterocycles. The van der Waals surface area contributed by atoms with E-state index in [1.54, 1.807) is 6.20 Å². The quantitative estimate of drug-likeness (QED) is 0.741. The second-order valence-electron chi connectivity index (χ2n) is 5.36. The van der Waals surface area contributed by atoms with E-state index < -0.39 is 0 Å². The number of halogens is 1. The highest BCUT2D eigenvalue weighted by Crippen LogP contribution is 2.24. The zero-order valence-electron chi connectivity index (χ0n) is 12.8. The smallest absolute Gasteiger partial charge is 0.227 e. The summed E-state index contributed by atoms with van der Waals surface area (Å²) in [7, 11) is 0. The number of rotatable bonds is 3. The number of morpholine rings is 1. The third kappa shape index (κ3) is 3.15. The van der Waals surface area contributed by atoms with Crippen LogP contribution in [0.4, 0.5) is 17.5 Å². The van der Waals surface area contributed by atoms with Crippen LogP contribution in [0, 0.1) is 0 Å². The summed E-state index contributed by atoms with van der Waals surface area (Å²) in [5.41, 5.74) is 1.56. The van der Waals surface area contributed by atoms with Gasteiger partial charge in [-0.3, -0.25) is 0 Å². The third-order valence-corrected chi connectivity index (χ3v) is 4.25. The topological polar surface area (TPSA) is 76.1 Å². The molecule has 1 aliphatic heterocycles. The second-order valence-corrected chi connectivity index (χ2v) is 6.28. The maximum Gasteiger partial charge on any atom is 0.227 e. The first-order valence-electron chi connectivity index (χ1n) is 7.63. The minimum atomic E-state index is 0.624. The third-order valence-electron chi connectivity index (χ3n) is 3.76. The lowest BCUT2D eigenvalue weighted by Gasteiger charge is -2.26. The summed E-state index contributed by atoms with van der Waals surface area (Å²) >= 11 is 3.47. The number of anilines is 3. The summed E-state index contributed by atoms with van der Waals surface area (Å²) in [5, 5.41) is 4.08. The Balaban J connectivity index is 1.67. The molecule has 1 aromatic carbocycles. The molecule has 8 heteroatoms. The maximum atomic E-state index is 5.37. The van der Waals surface area contributed by atoms with E-state index in [4.69, 9.17) is 4.74 Å². The van der Waals surface area contributed by atoms with E-state index in [2.05, 4.69) is 46.1 Å². The summed E-state index contributed by atoms with van der Waals surface area (Å²) in [5.74, 6) is 1.37. The molecule has 0 unspecified atom stereocenters. The zero-order chi connectivity index (χ0) is 16.4. The number of nitrogens with one attached hydrogen (secondary N) is 1. The molecule has 0 atom stereocenters. The van der Waals surface area contributed by atoms with Crippen LogP contribution >= 0.6 is 15.9 Å². The number of fused-ring (bicyclic) bond motifs is 1. The Hall–Kier alpha value is -2.32. The number of hydrogen-bond donors (Lipinski definition) is 1. The predicted molar refractivity (Wildman–Crippen MR) is 95.6 cm³/mol. The normalized spacial score (nSPS) is 14.8. The molecule has 4 rings (SSSR count). The Morgan fingerprint density at radius 2 is 2.00 bits per heavy atom. The summed E-state index contributed by atoms with van der Waals surface area (Å²) in [6, 6.07) is 7.89. The summed E-state index contributed by atoms with van der Waals surface area (Å²) in [6.45, 7) is 2.97. The summed E-state index contributed by atoms with van der Waals surface area (Å²) in [6.07, 6.45) is 3.28. The van der Waals surface area contributed by atoms with Crippen molar-refractivity contribution in [3.8, 4) is 0 Å². The molecular formula is C16H15BrN6O. The fourth-order valence-corrected chi connectivity index (χ4v) is 2.96. The van der Waals surface area contributed by atoms with Crippen LogP contribution in [0.2, 0.25) is 0 Å². The van der Waals surface area contributed by atoms with Crippen LogP contribution in [0.25, 0.3) is 11.0 Å². The number of ether oxygens (including phenoxy) is 1. The van der Waals surface area contributed by atoms with Crippen molar-refractivity contribution in [2.75, 3.05) is 36.5 Å². The molecule has 0 aliphatic carbocycles. The van der Waals surface area contributed by atoms with Crippen molar-refractivity contribution in [2.45, 2.75) is 0 Å². The Labute approximate surface area is 147 Å². The lowest BCUT2D eigenvalue weighted by atomic mass is 10.3. The van der Waals surface area contributed by atoms with E-state index in [1.165, 1.54) is 6.33 Å². The second kappa shape index (κ2) is 6.66. The van der Waals surface area contributed by atoms with E-state index in [-0.39, 0.29) is 0 Å². The highest BCUT2D eigenvalue weighted by Gasteiger charge is 2.15. The maximum absolute atomic E-state index is 5.37. The van der Waals surface area contributed by atoms with Gasteiger partial charge in [-0.25, -0.2) is 15.0 Å². The molecule has 0 bridgehead atoms. The molecular weight excluding hydrogens is 372 g/mol. The predicted octanol–water partition coefficient (Wildman–Crippen LogP) is 2.76. The molecule has 3 aromatic rings. The Kier molecular flexibility index (Phi) is 4.22. The van der Waals surface area contributed by atoms with Crippen molar-refractivity contribution in [2.24, 2.45) is 0 Å². The first-order valence-corrected chi connectivity index (χ1v) is 8.42. The minimum absolute atomic E-state index is 0.624. The Bertz CT molecular complexity index is 868. The van der Waals surface area contributed by atoms with Gasteiger partial charge in [0.25, 0.3) is 0 Å². The number of aromatic nitrogens is 4. The Morgan fingerprint density at radius 1 is 1.12 bits per heavy atom. The van der Waals surface area contributed by atoms with E-state index in [0.717, 1.165) is 28.6 Å². The van der Waals surface area contributed by atoms with E-state index in [1.807, 2.05) is 24.3 Å². The van der Waals surface area contributed by atoms with Gasteiger partial charge in [0.15, 0.2) is 5.65 Å². The van der Waals surface area contributed by atoms with Gasteiger partial charge in [0.2, 0.25) is 5.95 Å². The van der Waals surface area contributed by atoms with Gasteiger partial charge in [-0.1, -0.05) is 22.0 Å². The van der Waals surface area contributed by atoms with Crippen molar-refractivity contribution in [1.29, 1.82) is 0 Å². The monoisotopic (exact) mass is 386 g/mol. The fourth-order valence-electron chi connectivity index (χ4n) is 2.56. The molecule has 1 saturated heterocycles. The molecule has 122 valence electrons. The highest BCUT2D eigenvalue weighted by atomic mass is 79.9. The largest absolute Gasteiger partial charge is 0.378 e. The van der Waals surface area contributed by atoms with Gasteiger partial charge >= 0.3 is 0 Å². The number of benzene rings is 1. The van der Waals surface area contributed by atoms with Crippen molar-refractivity contribution in [3.63, 3.8) is 0 Å².